The lowest BCUT2D eigenvalue weighted by atomic mass is 10.3. The highest BCUT2D eigenvalue weighted by atomic mass is 32.2. The fourth-order valence-electron chi connectivity index (χ4n) is 1.11. The number of benzene rings is 1. The quantitative estimate of drug-likeness (QED) is 0.589. The fourth-order valence-corrected chi connectivity index (χ4v) is 2.00. The van der Waals surface area contributed by atoms with E-state index in [0.717, 1.165) is 0 Å². The highest BCUT2D eigenvalue weighted by molar-refractivity contribution is 7.99. The van der Waals surface area contributed by atoms with Crippen molar-refractivity contribution in [2.45, 2.75) is 11.3 Å². The van der Waals surface area contributed by atoms with Gasteiger partial charge in [0.15, 0.2) is 11.6 Å². The maximum Gasteiger partial charge on any atom is 0.306 e. The van der Waals surface area contributed by atoms with Crippen LogP contribution in [0.25, 0.3) is 0 Å². The monoisotopic (exact) mass is 244 g/mol. The minimum absolute atomic E-state index is 0.211. The molecule has 3 nitrogen and oxygen atoms in total. The van der Waals surface area contributed by atoms with Gasteiger partial charge in [-0.1, -0.05) is 6.07 Å². The summed E-state index contributed by atoms with van der Waals surface area (Å²) in [4.78, 5) is 11.3. The Morgan fingerprint density at radius 3 is 2.81 bits per heavy atom. The Morgan fingerprint density at radius 2 is 2.19 bits per heavy atom. The van der Waals surface area contributed by atoms with Crippen LogP contribution in [0, 0.1) is 5.82 Å². The van der Waals surface area contributed by atoms with Gasteiger partial charge in [0.2, 0.25) is 0 Å². The maximum atomic E-state index is 13.6. The number of hydrogen-bond donors (Lipinski definition) is 0. The van der Waals surface area contributed by atoms with Gasteiger partial charge in [-0.15, -0.1) is 11.8 Å². The van der Waals surface area contributed by atoms with Gasteiger partial charge in [-0.05, 0) is 12.1 Å². The van der Waals surface area contributed by atoms with Crippen molar-refractivity contribution in [2.24, 2.45) is 0 Å². The van der Waals surface area contributed by atoms with Gasteiger partial charge < -0.3 is 9.47 Å². The van der Waals surface area contributed by atoms with Crippen molar-refractivity contribution >= 4 is 17.7 Å². The van der Waals surface area contributed by atoms with Crippen molar-refractivity contribution < 1.29 is 18.7 Å². The van der Waals surface area contributed by atoms with E-state index in [1.54, 1.807) is 18.2 Å². The molecule has 1 aromatic carbocycles. The molecule has 0 saturated heterocycles. The highest BCUT2D eigenvalue weighted by Crippen LogP contribution is 2.28. The van der Waals surface area contributed by atoms with Gasteiger partial charge in [-0.3, -0.25) is 4.79 Å². The number of carbonyl (C=O) groups is 1. The Balaban J connectivity index is 2.57. The molecule has 0 aromatic heterocycles. The average molecular weight is 244 g/mol. The van der Waals surface area contributed by atoms with Gasteiger partial charge in [-0.25, -0.2) is 4.39 Å². The number of hydrogen-bond acceptors (Lipinski definition) is 4. The summed E-state index contributed by atoms with van der Waals surface area (Å²) in [5.74, 6) is 0.00951. The minimum atomic E-state index is -0.389. The zero-order chi connectivity index (χ0) is 12.0. The van der Waals surface area contributed by atoms with E-state index < -0.39 is 0 Å². The third kappa shape index (κ3) is 3.41. The van der Waals surface area contributed by atoms with Crippen LogP contribution < -0.4 is 4.74 Å². The lowest BCUT2D eigenvalue weighted by molar-refractivity contribution is -0.140. The summed E-state index contributed by atoms with van der Waals surface area (Å²) in [6.45, 7) is 0. The standard InChI is InChI=1S/C11H13FO3S/c1-14-8-4-3-5-9(11(8)12)16-7-6-10(13)15-2/h3-5H,6-7H2,1-2H3. The Hall–Kier alpha value is -1.23. The molecule has 0 radical (unpaired) electrons. The van der Waals surface area contributed by atoms with Crippen molar-refractivity contribution in [3.8, 4) is 5.75 Å². The zero-order valence-electron chi connectivity index (χ0n) is 9.16. The van der Waals surface area contributed by atoms with E-state index in [9.17, 15) is 9.18 Å². The first-order valence-corrected chi connectivity index (χ1v) is 5.69. The van der Waals surface area contributed by atoms with Crippen molar-refractivity contribution in [3.63, 3.8) is 0 Å². The number of methoxy groups -OCH3 is 2. The lowest BCUT2D eigenvalue weighted by Crippen LogP contribution is -2.01. The molecular weight excluding hydrogens is 231 g/mol. The summed E-state index contributed by atoms with van der Waals surface area (Å²) in [6.07, 6.45) is 0.262. The molecule has 0 fully saturated rings. The van der Waals surface area contributed by atoms with Crippen LogP contribution in [-0.2, 0) is 9.53 Å². The molecule has 0 saturated carbocycles. The lowest BCUT2D eigenvalue weighted by Gasteiger charge is -2.06. The molecule has 0 N–H and O–H groups in total. The van der Waals surface area contributed by atoms with Gasteiger partial charge in [0.25, 0.3) is 0 Å². The van der Waals surface area contributed by atoms with Crippen LogP contribution in [-0.4, -0.2) is 25.9 Å². The molecule has 0 spiro atoms. The number of halogens is 1. The van der Waals surface area contributed by atoms with Gasteiger partial charge in [0.05, 0.1) is 20.6 Å². The Morgan fingerprint density at radius 1 is 1.44 bits per heavy atom. The minimum Gasteiger partial charge on any atom is -0.494 e. The second-order valence-corrected chi connectivity index (χ2v) is 4.08. The Bertz CT molecular complexity index is 368. The number of ether oxygens (including phenoxy) is 2. The molecule has 1 rings (SSSR count). The number of esters is 1. The van der Waals surface area contributed by atoms with Gasteiger partial charge in [0.1, 0.15) is 0 Å². The molecule has 0 unspecified atom stereocenters. The van der Waals surface area contributed by atoms with Gasteiger partial charge in [-0.2, -0.15) is 0 Å². The van der Waals surface area contributed by atoms with Crippen LogP contribution in [0.15, 0.2) is 23.1 Å². The molecule has 0 aliphatic rings. The third-order valence-corrected chi connectivity index (χ3v) is 2.97. The van der Waals surface area contributed by atoms with Crippen LogP contribution in [0.5, 0.6) is 5.75 Å². The van der Waals surface area contributed by atoms with Crippen LogP contribution in [0.4, 0.5) is 4.39 Å². The first-order chi connectivity index (χ1) is 7.69. The molecule has 0 amide bonds. The van der Waals surface area contributed by atoms with Crippen LogP contribution in [0.1, 0.15) is 6.42 Å². The highest BCUT2D eigenvalue weighted by Gasteiger charge is 2.09. The molecule has 0 bridgehead atoms. The topological polar surface area (TPSA) is 35.5 Å². The van der Waals surface area contributed by atoms with Crippen molar-refractivity contribution in [1.29, 1.82) is 0 Å². The van der Waals surface area contributed by atoms with Crippen LogP contribution in [0.2, 0.25) is 0 Å². The molecule has 1 aromatic rings. The second-order valence-electron chi connectivity index (χ2n) is 2.95. The molecule has 0 atom stereocenters. The van der Waals surface area contributed by atoms with Crippen molar-refractivity contribution in [1.82, 2.24) is 0 Å². The average Bonchev–Trinajstić information content (AvgIpc) is 2.31. The molecular formula is C11H13FO3S. The zero-order valence-corrected chi connectivity index (χ0v) is 9.97. The molecule has 16 heavy (non-hydrogen) atoms. The summed E-state index contributed by atoms with van der Waals surface area (Å²) in [5.41, 5.74) is 0. The first kappa shape index (κ1) is 12.8. The van der Waals surface area contributed by atoms with E-state index in [-0.39, 0.29) is 24.0 Å². The molecule has 0 aliphatic carbocycles. The fraction of sp³-hybridized carbons (Fsp3) is 0.364. The Kier molecular flexibility index (Phi) is 5.11. The van der Waals surface area contributed by atoms with Gasteiger partial charge >= 0.3 is 5.97 Å². The smallest absolute Gasteiger partial charge is 0.306 e. The number of thioether (sulfide) groups is 1. The molecule has 88 valence electrons. The molecule has 5 heteroatoms. The SMILES string of the molecule is COC(=O)CCSc1cccc(OC)c1F. The largest absolute Gasteiger partial charge is 0.494 e. The summed E-state index contributed by atoms with van der Waals surface area (Å²) >= 11 is 1.26. The number of rotatable bonds is 5. The van der Waals surface area contributed by atoms with Gasteiger partial charge in [0, 0.05) is 10.6 Å². The second kappa shape index (κ2) is 6.37. The van der Waals surface area contributed by atoms with E-state index in [4.69, 9.17) is 4.74 Å². The van der Waals surface area contributed by atoms with Crippen LogP contribution in [0.3, 0.4) is 0 Å². The Labute approximate surface area is 97.9 Å². The van der Waals surface area contributed by atoms with E-state index in [2.05, 4.69) is 4.74 Å². The first-order valence-electron chi connectivity index (χ1n) is 4.71. The van der Waals surface area contributed by atoms with E-state index in [0.29, 0.717) is 10.6 Å². The van der Waals surface area contributed by atoms with Crippen molar-refractivity contribution in [2.75, 3.05) is 20.0 Å². The summed E-state index contributed by atoms with van der Waals surface area (Å²) in [7, 11) is 2.75. The van der Waals surface area contributed by atoms with Crippen molar-refractivity contribution in [3.05, 3.63) is 24.0 Å². The molecule has 0 heterocycles. The van der Waals surface area contributed by atoms with Crippen LogP contribution >= 0.6 is 11.8 Å². The molecule has 0 aliphatic heterocycles. The maximum absolute atomic E-state index is 13.6. The summed E-state index contributed by atoms with van der Waals surface area (Å²) in [6, 6.07) is 4.92. The normalized spacial score (nSPS) is 9.94. The van der Waals surface area contributed by atoms with E-state index in [1.807, 2.05) is 0 Å². The van der Waals surface area contributed by atoms with E-state index in [1.165, 1.54) is 26.0 Å². The predicted molar refractivity (Wildman–Crippen MR) is 60.3 cm³/mol. The number of carbonyl (C=O) groups excluding carboxylic acids is 1. The summed E-state index contributed by atoms with van der Waals surface area (Å²) in [5, 5.41) is 0. The predicted octanol–water partition coefficient (Wildman–Crippen LogP) is 2.49. The summed E-state index contributed by atoms with van der Waals surface area (Å²) < 4.78 is 23.0. The third-order valence-electron chi connectivity index (χ3n) is 1.94. The van der Waals surface area contributed by atoms with E-state index >= 15 is 0 Å².